The Morgan fingerprint density at radius 2 is 2.00 bits per heavy atom. The van der Waals surface area contributed by atoms with E-state index in [0.717, 1.165) is 12.8 Å². The van der Waals surface area contributed by atoms with Crippen LogP contribution in [0.2, 0.25) is 0 Å². The SMILES string of the molecule is CC(C)C1CCCC(C)N1[O-]. The number of hydrogen-bond donors (Lipinski definition) is 0. The first-order valence-corrected chi connectivity index (χ1v) is 4.58. The Morgan fingerprint density at radius 3 is 2.45 bits per heavy atom. The minimum Gasteiger partial charge on any atom is -0.785 e. The van der Waals surface area contributed by atoms with Gasteiger partial charge < -0.3 is 10.3 Å². The van der Waals surface area contributed by atoms with Gasteiger partial charge in [0.2, 0.25) is 0 Å². The summed E-state index contributed by atoms with van der Waals surface area (Å²) in [6.07, 6.45) is 3.39. The van der Waals surface area contributed by atoms with Gasteiger partial charge in [-0.2, -0.15) is 0 Å². The largest absolute Gasteiger partial charge is 0.785 e. The van der Waals surface area contributed by atoms with Gasteiger partial charge in [0.1, 0.15) is 0 Å². The van der Waals surface area contributed by atoms with Crippen molar-refractivity contribution in [2.24, 2.45) is 5.92 Å². The van der Waals surface area contributed by atoms with E-state index in [1.165, 1.54) is 11.5 Å². The molecule has 2 unspecified atom stereocenters. The molecule has 1 rings (SSSR count). The van der Waals surface area contributed by atoms with Crippen LogP contribution in [0.4, 0.5) is 0 Å². The maximum atomic E-state index is 11.5. The van der Waals surface area contributed by atoms with Crippen molar-refractivity contribution in [3.63, 3.8) is 0 Å². The van der Waals surface area contributed by atoms with Gasteiger partial charge in [0.05, 0.1) is 0 Å². The topological polar surface area (TPSA) is 26.3 Å². The summed E-state index contributed by atoms with van der Waals surface area (Å²) >= 11 is 0. The standard InChI is InChI=1S/C9H18NO/c1-7(2)9-6-4-5-8(3)10(9)11/h7-9H,4-6H2,1-3H3/q-1. The number of hydroxylamine groups is 2. The molecule has 66 valence electrons. The molecule has 11 heavy (non-hydrogen) atoms. The third kappa shape index (κ3) is 1.94. The summed E-state index contributed by atoms with van der Waals surface area (Å²) in [6, 6.07) is 0.523. The van der Waals surface area contributed by atoms with Crippen LogP contribution in [-0.4, -0.2) is 17.1 Å². The molecule has 1 fully saturated rings. The van der Waals surface area contributed by atoms with Gasteiger partial charge >= 0.3 is 0 Å². The summed E-state index contributed by atoms with van der Waals surface area (Å²) in [7, 11) is 0. The van der Waals surface area contributed by atoms with Crippen molar-refractivity contribution >= 4 is 0 Å². The average Bonchev–Trinajstić information content (AvgIpc) is 1.94. The van der Waals surface area contributed by atoms with E-state index in [4.69, 9.17) is 0 Å². The highest BCUT2D eigenvalue weighted by atomic mass is 16.5. The van der Waals surface area contributed by atoms with E-state index in [0.29, 0.717) is 5.92 Å². The summed E-state index contributed by atoms with van der Waals surface area (Å²) in [6.45, 7) is 6.29. The molecule has 1 saturated heterocycles. The quantitative estimate of drug-likeness (QED) is 0.582. The molecular weight excluding hydrogens is 138 g/mol. The van der Waals surface area contributed by atoms with E-state index >= 15 is 0 Å². The second-order valence-corrected chi connectivity index (χ2v) is 3.95. The molecule has 1 aliphatic rings. The summed E-state index contributed by atoms with van der Waals surface area (Å²) in [5.41, 5.74) is 0. The van der Waals surface area contributed by atoms with Crippen LogP contribution in [0.3, 0.4) is 0 Å². The molecule has 0 saturated carbocycles. The normalized spacial score (nSPS) is 34.6. The summed E-state index contributed by atoms with van der Waals surface area (Å²) in [5, 5.41) is 12.8. The van der Waals surface area contributed by atoms with Crippen molar-refractivity contribution in [1.82, 2.24) is 5.06 Å². The molecule has 1 aliphatic heterocycles. The molecule has 0 amide bonds. The minimum absolute atomic E-state index is 0.246. The van der Waals surface area contributed by atoms with Crippen LogP contribution >= 0.6 is 0 Å². The van der Waals surface area contributed by atoms with Gasteiger partial charge in [-0.05, 0) is 30.8 Å². The molecule has 0 aromatic heterocycles. The van der Waals surface area contributed by atoms with Crippen molar-refractivity contribution in [3.8, 4) is 0 Å². The maximum Gasteiger partial charge on any atom is -0.0000740 e. The first-order valence-electron chi connectivity index (χ1n) is 4.58. The molecular formula is C9H18NO-. The molecule has 2 atom stereocenters. The van der Waals surface area contributed by atoms with Gasteiger partial charge in [-0.3, -0.25) is 0 Å². The Morgan fingerprint density at radius 1 is 1.36 bits per heavy atom. The molecule has 0 radical (unpaired) electrons. The lowest BCUT2D eigenvalue weighted by atomic mass is 9.91. The zero-order chi connectivity index (χ0) is 8.43. The zero-order valence-electron chi connectivity index (χ0n) is 7.71. The van der Waals surface area contributed by atoms with Crippen LogP contribution in [0.1, 0.15) is 40.0 Å². The van der Waals surface area contributed by atoms with Gasteiger partial charge in [-0.15, -0.1) is 0 Å². The first kappa shape index (κ1) is 9.01. The van der Waals surface area contributed by atoms with Crippen molar-refractivity contribution in [2.45, 2.75) is 52.1 Å². The van der Waals surface area contributed by atoms with Crippen LogP contribution in [0.5, 0.6) is 0 Å². The van der Waals surface area contributed by atoms with Crippen LogP contribution in [0.15, 0.2) is 0 Å². The molecule has 0 spiro atoms. The highest BCUT2D eigenvalue weighted by Gasteiger charge is 2.22. The zero-order valence-corrected chi connectivity index (χ0v) is 7.71. The maximum absolute atomic E-state index is 11.5. The van der Waals surface area contributed by atoms with Crippen molar-refractivity contribution in [3.05, 3.63) is 5.21 Å². The molecule has 2 nitrogen and oxygen atoms in total. The van der Waals surface area contributed by atoms with Gasteiger partial charge in [0, 0.05) is 0 Å². The molecule has 1 heterocycles. The Labute approximate surface area is 69.2 Å². The summed E-state index contributed by atoms with van der Waals surface area (Å²) in [4.78, 5) is 0. The molecule has 0 bridgehead atoms. The molecule has 2 heteroatoms. The third-order valence-corrected chi connectivity index (χ3v) is 2.65. The first-order chi connectivity index (χ1) is 5.13. The lowest BCUT2D eigenvalue weighted by Crippen LogP contribution is -2.43. The van der Waals surface area contributed by atoms with E-state index in [1.807, 2.05) is 6.92 Å². The summed E-state index contributed by atoms with van der Waals surface area (Å²) < 4.78 is 0. The Hall–Kier alpha value is -0.0800. The van der Waals surface area contributed by atoms with Crippen molar-refractivity contribution < 1.29 is 0 Å². The predicted octanol–water partition coefficient (Wildman–Crippen LogP) is 2.38. The Balaban J connectivity index is 2.51. The van der Waals surface area contributed by atoms with Crippen LogP contribution in [-0.2, 0) is 0 Å². The van der Waals surface area contributed by atoms with Crippen molar-refractivity contribution in [2.75, 3.05) is 0 Å². The summed E-state index contributed by atoms with van der Waals surface area (Å²) in [5.74, 6) is 0.509. The molecule has 0 aromatic rings. The number of rotatable bonds is 1. The highest BCUT2D eigenvalue weighted by Crippen LogP contribution is 2.25. The third-order valence-electron chi connectivity index (χ3n) is 2.65. The highest BCUT2D eigenvalue weighted by molar-refractivity contribution is 4.84. The second-order valence-electron chi connectivity index (χ2n) is 3.95. The molecule has 0 N–H and O–H groups in total. The molecule has 0 aliphatic carbocycles. The van der Waals surface area contributed by atoms with Crippen LogP contribution in [0.25, 0.3) is 0 Å². The van der Waals surface area contributed by atoms with Crippen LogP contribution < -0.4 is 0 Å². The van der Waals surface area contributed by atoms with Gasteiger partial charge in [0.25, 0.3) is 0 Å². The minimum atomic E-state index is 0.246. The van der Waals surface area contributed by atoms with E-state index in [1.54, 1.807) is 0 Å². The smallest absolute Gasteiger partial charge is 0.0000740 e. The monoisotopic (exact) mass is 156 g/mol. The van der Waals surface area contributed by atoms with Crippen molar-refractivity contribution in [1.29, 1.82) is 0 Å². The Bertz CT molecular complexity index is 125. The van der Waals surface area contributed by atoms with Gasteiger partial charge in [-0.25, -0.2) is 0 Å². The lowest BCUT2D eigenvalue weighted by Gasteiger charge is -2.47. The van der Waals surface area contributed by atoms with E-state index in [-0.39, 0.29) is 12.1 Å². The van der Waals surface area contributed by atoms with Gasteiger partial charge in [-0.1, -0.05) is 27.2 Å². The van der Waals surface area contributed by atoms with E-state index in [2.05, 4.69) is 13.8 Å². The van der Waals surface area contributed by atoms with E-state index in [9.17, 15) is 5.21 Å². The number of piperidine rings is 1. The molecule has 0 aromatic carbocycles. The fourth-order valence-electron chi connectivity index (χ4n) is 1.83. The predicted molar refractivity (Wildman–Crippen MR) is 47.1 cm³/mol. The van der Waals surface area contributed by atoms with E-state index < -0.39 is 0 Å². The number of nitrogens with zero attached hydrogens (tertiary/aromatic N) is 1. The lowest BCUT2D eigenvalue weighted by molar-refractivity contribution is 0.117. The Kier molecular flexibility index (Phi) is 2.90. The average molecular weight is 156 g/mol. The fourth-order valence-corrected chi connectivity index (χ4v) is 1.83. The fraction of sp³-hybridized carbons (Fsp3) is 1.00. The van der Waals surface area contributed by atoms with Gasteiger partial charge in [0.15, 0.2) is 0 Å². The number of hydrogen-bond acceptors (Lipinski definition) is 2. The van der Waals surface area contributed by atoms with Crippen LogP contribution in [0, 0.1) is 11.1 Å². The second kappa shape index (κ2) is 3.55.